The fourth-order valence-electron chi connectivity index (χ4n) is 4.85. The molecule has 4 aromatic carbocycles. The van der Waals surface area contributed by atoms with Crippen molar-refractivity contribution in [2.45, 2.75) is 5.92 Å². The molecule has 0 aliphatic carbocycles. The van der Waals surface area contributed by atoms with Gasteiger partial charge in [0.1, 0.15) is 5.75 Å². The Hall–Kier alpha value is -4.12. The quantitative estimate of drug-likeness (QED) is 0.388. The molecule has 156 valence electrons. The van der Waals surface area contributed by atoms with Gasteiger partial charge in [0, 0.05) is 25.6 Å². The van der Waals surface area contributed by atoms with Gasteiger partial charge in [-0.05, 0) is 33.2 Å². The van der Waals surface area contributed by atoms with Crippen LogP contribution in [0, 0.1) is 0 Å². The lowest BCUT2D eigenvalue weighted by molar-refractivity contribution is 0.396. The van der Waals surface area contributed by atoms with Crippen LogP contribution in [-0.4, -0.2) is 9.13 Å². The van der Waals surface area contributed by atoms with E-state index in [0.717, 1.165) is 37.2 Å². The highest BCUT2D eigenvalue weighted by molar-refractivity contribution is 5.91. The first-order chi connectivity index (χ1) is 15.5. The van der Waals surface area contributed by atoms with Gasteiger partial charge in [-0.3, -0.25) is 13.9 Å². The number of nitrogens with zero attached hydrogens (tertiary/aromatic N) is 2. The zero-order valence-electron chi connectivity index (χ0n) is 17.7. The van der Waals surface area contributed by atoms with Gasteiger partial charge in [-0.2, -0.15) is 0 Å². The van der Waals surface area contributed by atoms with Gasteiger partial charge in [-0.1, -0.05) is 72.8 Å². The minimum atomic E-state index is -0.407. The first-order valence-electron chi connectivity index (χ1n) is 10.5. The second-order valence-corrected chi connectivity index (χ2v) is 8.26. The standard InChI is InChI=1S/C27H20N2O3/c1-28-25(30)24-22(19-12-11-16-7-3-4-9-18(16)15-19)23-20-10-6-5-8-17(20)13-14-21(23)32-26(24)29(2)27(28)31/h3-15,22H,1-2H3. The summed E-state index contributed by atoms with van der Waals surface area (Å²) in [5, 5.41) is 4.34. The number of ether oxygens (including phenoxy) is 1. The highest BCUT2D eigenvalue weighted by Crippen LogP contribution is 2.48. The van der Waals surface area contributed by atoms with Crippen molar-refractivity contribution in [3.05, 3.63) is 116 Å². The Bertz CT molecular complexity index is 1680. The second kappa shape index (κ2) is 6.69. The molecule has 0 saturated carbocycles. The molecule has 0 N–H and O–H groups in total. The van der Waals surface area contributed by atoms with Crippen LogP contribution in [0.4, 0.5) is 0 Å². The van der Waals surface area contributed by atoms with Crippen molar-refractivity contribution in [2.24, 2.45) is 14.1 Å². The van der Waals surface area contributed by atoms with Crippen molar-refractivity contribution in [1.29, 1.82) is 0 Å². The Kier molecular flexibility index (Phi) is 3.89. The van der Waals surface area contributed by atoms with Crippen molar-refractivity contribution in [3.8, 4) is 11.6 Å². The maximum absolute atomic E-state index is 13.4. The number of aromatic nitrogens is 2. The van der Waals surface area contributed by atoms with Gasteiger partial charge in [-0.15, -0.1) is 0 Å². The van der Waals surface area contributed by atoms with E-state index in [0.29, 0.717) is 17.2 Å². The fourth-order valence-corrected chi connectivity index (χ4v) is 4.85. The van der Waals surface area contributed by atoms with E-state index < -0.39 is 5.69 Å². The minimum Gasteiger partial charge on any atom is -0.440 e. The molecule has 5 nitrogen and oxygen atoms in total. The summed E-state index contributed by atoms with van der Waals surface area (Å²) in [5.41, 5.74) is 1.67. The van der Waals surface area contributed by atoms with E-state index >= 15 is 0 Å². The van der Waals surface area contributed by atoms with E-state index in [1.54, 1.807) is 7.05 Å². The van der Waals surface area contributed by atoms with Gasteiger partial charge in [0.2, 0.25) is 5.88 Å². The van der Waals surface area contributed by atoms with Crippen LogP contribution in [0.5, 0.6) is 11.6 Å². The van der Waals surface area contributed by atoms with Crippen molar-refractivity contribution in [2.75, 3.05) is 0 Å². The van der Waals surface area contributed by atoms with Crippen LogP contribution in [0.15, 0.2) is 88.5 Å². The largest absolute Gasteiger partial charge is 0.440 e. The lowest BCUT2D eigenvalue weighted by Crippen LogP contribution is -2.41. The van der Waals surface area contributed by atoms with Crippen molar-refractivity contribution < 1.29 is 4.74 Å². The third-order valence-electron chi connectivity index (χ3n) is 6.47. The maximum atomic E-state index is 13.4. The highest BCUT2D eigenvalue weighted by atomic mass is 16.5. The SMILES string of the molecule is Cn1c2c(c(=O)n(C)c1=O)C(c1ccc3ccccc3c1)c1c(ccc3ccccc13)O2. The normalized spacial score (nSPS) is 14.8. The second-order valence-electron chi connectivity index (χ2n) is 8.26. The van der Waals surface area contributed by atoms with Gasteiger partial charge in [0.15, 0.2) is 0 Å². The van der Waals surface area contributed by atoms with Crippen molar-refractivity contribution in [1.82, 2.24) is 9.13 Å². The van der Waals surface area contributed by atoms with Crippen LogP contribution >= 0.6 is 0 Å². The lowest BCUT2D eigenvalue weighted by atomic mass is 9.81. The molecule has 0 spiro atoms. The molecule has 5 heteroatoms. The highest BCUT2D eigenvalue weighted by Gasteiger charge is 2.35. The third kappa shape index (κ3) is 2.51. The van der Waals surface area contributed by atoms with E-state index in [4.69, 9.17) is 4.74 Å². The summed E-state index contributed by atoms with van der Waals surface area (Å²) in [6, 6.07) is 26.5. The molecule has 0 radical (unpaired) electrons. The molecule has 0 amide bonds. The van der Waals surface area contributed by atoms with E-state index in [1.807, 2.05) is 36.4 Å². The molecule has 1 aromatic heterocycles. The summed E-state index contributed by atoms with van der Waals surface area (Å²) in [5.74, 6) is 0.603. The van der Waals surface area contributed by atoms with Crippen LogP contribution < -0.4 is 16.0 Å². The topological polar surface area (TPSA) is 53.2 Å². The average molecular weight is 420 g/mol. The number of fused-ring (bicyclic) bond motifs is 5. The predicted molar refractivity (Wildman–Crippen MR) is 126 cm³/mol. The summed E-state index contributed by atoms with van der Waals surface area (Å²) in [7, 11) is 3.16. The van der Waals surface area contributed by atoms with Gasteiger partial charge < -0.3 is 4.74 Å². The Morgan fingerprint density at radius 2 is 1.41 bits per heavy atom. The van der Waals surface area contributed by atoms with Crippen LogP contribution in [-0.2, 0) is 14.1 Å². The average Bonchev–Trinajstić information content (AvgIpc) is 2.84. The number of hydrogen-bond donors (Lipinski definition) is 0. The lowest BCUT2D eigenvalue weighted by Gasteiger charge is -2.30. The number of rotatable bonds is 1. The maximum Gasteiger partial charge on any atom is 0.333 e. The molecular weight excluding hydrogens is 400 g/mol. The monoisotopic (exact) mass is 420 g/mol. The summed E-state index contributed by atoms with van der Waals surface area (Å²) >= 11 is 0. The first-order valence-corrected chi connectivity index (χ1v) is 10.5. The molecule has 1 aliphatic rings. The smallest absolute Gasteiger partial charge is 0.333 e. The molecule has 32 heavy (non-hydrogen) atoms. The van der Waals surface area contributed by atoms with E-state index in [1.165, 1.54) is 11.6 Å². The van der Waals surface area contributed by atoms with Crippen molar-refractivity contribution in [3.63, 3.8) is 0 Å². The molecular formula is C27H20N2O3. The van der Waals surface area contributed by atoms with Crippen LogP contribution in [0.25, 0.3) is 21.5 Å². The fraction of sp³-hybridized carbons (Fsp3) is 0.111. The van der Waals surface area contributed by atoms with Crippen LogP contribution in [0.1, 0.15) is 22.6 Å². The van der Waals surface area contributed by atoms with Crippen LogP contribution in [0.3, 0.4) is 0 Å². The molecule has 6 rings (SSSR count). The predicted octanol–water partition coefficient (Wildman–Crippen LogP) is 4.68. The molecule has 5 aromatic rings. The van der Waals surface area contributed by atoms with Crippen molar-refractivity contribution >= 4 is 21.5 Å². The Morgan fingerprint density at radius 3 is 2.22 bits per heavy atom. The third-order valence-corrected chi connectivity index (χ3v) is 6.47. The van der Waals surface area contributed by atoms with Gasteiger partial charge in [0.05, 0.1) is 5.56 Å². The molecule has 0 bridgehead atoms. The molecule has 2 heterocycles. The first kappa shape index (κ1) is 18.6. The number of hydrogen-bond acceptors (Lipinski definition) is 3. The summed E-state index contributed by atoms with van der Waals surface area (Å²) in [6.45, 7) is 0. The zero-order chi connectivity index (χ0) is 22.0. The van der Waals surface area contributed by atoms with E-state index in [9.17, 15) is 9.59 Å². The molecule has 1 atom stereocenters. The Labute approximate surface area is 183 Å². The molecule has 0 saturated heterocycles. The summed E-state index contributed by atoms with van der Waals surface area (Å²) in [6.07, 6.45) is 0. The van der Waals surface area contributed by atoms with Gasteiger partial charge in [-0.25, -0.2) is 4.79 Å². The Morgan fingerprint density at radius 1 is 0.719 bits per heavy atom. The van der Waals surface area contributed by atoms with Crippen LogP contribution in [0.2, 0.25) is 0 Å². The Balaban J connectivity index is 1.77. The molecule has 1 aliphatic heterocycles. The molecule has 0 fully saturated rings. The minimum absolute atomic E-state index is 0.305. The number of benzene rings is 4. The van der Waals surface area contributed by atoms with Gasteiger partial charge >= 0.3 is 5.69 Å². The summed E-state index contributed by atoms with van der Waals surface area (Å²) in [4.78, 5) is 26.1. The zero-order valence-corrected chi connectivity index (χ0v) is 17.7. The molecule has 1 unspecified atom stereocenters. The van der Waals surface area contributed by atoms with Gasteiger partial charge in [0.25, 0.3) is 5.56 Å². The summed E-state index contributed by atoms with van der Waals surface area (Å²) < 4.78 is 8.80. The van der Waals surface area contributed by atoms with E-state index in [2.05, 4.69) is 42.5 Å². The van der Waals surface area contributed by atoms with E-state index in [-0.39, 0.29) is 11.5 Å².